The van der Waals surface area contributed by atoms with Gasteiger partial charge in [0.1, 0.15) is 0 Å². The van der Waals surface area contributed by atoms with E-state index in [-0.39, 0.29) is 6.61 Å². The summed E-state index contributed by atoms with van der Waals surface area (Å²) in [5.41, 5.74) is 2.03. The van der Waals surface area contributed by atoms with Gasteiger partial charge in [0.15, 0.2) is 0 Å². The zero-order chi connectivity index (χ0) is 12.4. The fraction of sp³-hybridized carbons (Fsp3) is 0.538. The summed E-state index contributed by atoms with van der Waals surface area (Å²) < 4.78 is 0. The maximum atomic E-state index is 9.38. The molecule has 0 amide bonds. The van der Waals surface area contributed by atoms with E-state index in [1.54, 1.807) is 0 Å². The smallest absolute Gasteiger partial charge is 0.0702 e. The van der Waals surface area contributed by atoms with E-state index in [0.717, 1.165) is 24.3 Å². The van der Waals surface area contributed by atoms with Crippen molar-refractivity contribution in [3.63, 3.8) is 0 Å². The highest BCUT2D eigenvalue weighted by atomic mass is 35.5. The van der Waals surface area contributed by atoms with E-state index in [1.165, 1.54) is 6.42 Å². The lowest BCUT2D eigenvalue weighted by Gasteiger charge is -2.23. The topological polar surface area (TPSA) is 26.7 Å². The number of benzene rings is 1. The molecule has 17 heavy (non-hydrogen) atoms. The van der Waals surface area contributed by atoms with E-state index in [2.05, 4.69) is 23.9 Å². The van der Waals surface area contributed by atoms with Crippen LogP contribution in [-0.4, -0.2) is 43.2 Å². The van der Waals surface area contributed by atoms with Crippen LogP contribution in [0.25, 0.3) is 0 Å². The van der Waals surface area contributed by atoms with Gasteiger partial charge in [0.25, 0.3) is 0 Å². The van der Waals surface area contributed by atoms with E-state index in [4.69, 9.17) is 11.6 Å². The molecule has 1 saturated heterocycles. The van der Waals surface area contributed by atoms with Crippen molar-refractivity contribution in [2.45, 2.75) is 19.1 Å². The molecule has 1 aliphatic rings. The number of aliphatic hydroxyl groups excluding tert-OH is 1. The lowest BCUT2D eigenvalue weighted by Crippen LogP contribution is -2.31. The summed E-state index contributed by atoms with van der Waals surface area (Å²) in [4.78, 5) is 4.58. The van der Waals surface area contributed by atoms with Crippen molar-refractivity contribution in [1.82, 2.24) is 4.90 Å². The molecule has 2 rings (SSSR count). The van der Waals surface area contributed by atoms with Crippen LogP contribution in [0.5, 0.6) is 0 Å². The van der Waals surface area contributed by atoms with Gasteiger partial charge in [0, 0.05) is 35.4 Å². The van der Waals surface area contributed by atoms with Gasteiger partial charge in [-0.25, -0.2) is 0 Å². The number of aliphatic hydroxyl groups is 1. The van der Waals surface area contributed by atoms with Crippen LogP contribution in [0, 0.1) is 0 Å². The summed E-state index contributed by atoms with van der Waals surface area (Å²) in [6, 6.07) is 6.34. The summed E-state index contributed by atoms with van der Waals surface area (Å²) in [7, 11) is 4.23. The first kappa shape index (κ1) is 12.7. The molecular weight excluding hydrogens is 236 g/mol. The lowest BCUT2D eigenvalue weighted by atomic mass is 10.1. The second-order valence-electron chi connectivity index (χ2n) is 4.78. The van der Waals surface area contributed by atoms with Crippen LogP contribution in [0.1, 0.15) is 12.0 Å². The highest BCUT2D eigenvalue weighted by molar-refractivity contribution is 6.30. The van der Waals surface area contributed by atoms with Gasteiger partial charge in [0.05, 0.1) is 6.61 Å². The molecular formula is C13H19ClN2O. The Kier molecular flexibility index (Phi) is 3.92. The molecule has 1 fully saturated rings. The van der Waals surface area contributed by atoms with E-state index >= 15 is 0 Å². The summed E-state index contributed by atoms with van der Waals surface area (Å²) in [5, 5.41) is 10.1. The van der Waals surface area contributed by atoms with Gasteiger partial charge in [-0.2, -0.15) is 0 Å². The van der Waals surface area contributed by atoms with Gasteiger partial charge >= 0.3 is 0 Å². The number of halogens is 1. The fourth-order valence-electron chi connectivity index (χ4n) is 2.37. The monoisotopic (exact) mass is 254 g/mol. The number of likely N-dealkylation sites (N-methyl/N-ethyl adjacent to an activating group) is 1. The Morgan fingerprint density at radius 2 is 2.24 bits per heavy atom. The molecule has 0 aliphatic carbocycles. The zero-order valence-electron chi connectivity index (χ0n) is 10.4. The van der Waals surface area contributed by atoms with Crippen molar-refractivity contribution in [3.05, 3.63) is 28.8 Å². The van der Waals surface area contributed by atoms with Crippen LogP contribution < -0.4 is 4.90 Å². The normalized spacial score (nSPS) is 20.3. The van der Waals surface area contributed by atoms with E-state index < -0.39 is 0 Å². The highest BCUT2D eigenvalue weighted by Gasteiger charge is 2.25. The third-order valence-corrected chi connectivity index (χ3v) is 3.68. The molecule has 4 heteroatoms. The Morgan fingerprint density at radius 1 is 1.47 bits per heavy atom. The molecule has 0 saturated carbocycles. The molecule has 1 aliphatic heterocycles. The molecule has 0 bridgehead atoms. The van der Waals surface area contributed by atoms with Crippen LogP contribution in [-0.2, 0) is 6.61 Å². The van der Waals surface area contributed by atoms with Gasteiger partial charge < -0.3 is 14.9 Å². The predicted molar refractivity (Wildman–Crippen MR) is 71.7 cm³/mol. The Morgan fingerprint density at radius 3 is 2.82 bits per heavy atom. The third kappa shape index (κ3) is 2.73. The van der Waals surface area contributed by atoms with Crippen molar-refractivity contribution in [1.29, 1.82) is 0 Å². The van der Waals surface area contributed by atoms with E-state index in [0.29, 0.717) is 11.1 Å². The van der Waals surface area contributed by atoms with Crippen molar-refractivity contribution >= 4 is 17.3 Å². The van der Waals surface area contributed by atoms with Gasteiger partial charge in [-0.05, 0) is 38.7 Å². The SMILES string of the molecule is CN(C)C1CCN(c2ccc(Cl)cc2CO)C1. The third-order valence-electron chi connectivity index (χ3n) is 3.45. The number of hydrogen-bond donors (Lipinski definition) is 1. The maximum absolute atomic E-state index is 9.38. The molecule has 94 valence electrons. The molecule has 0 radical (unpaired) electrons. The van der Waals surface area contributed by atoms with Crippen LogP contribution in [0.15, 0.2) is 18.2 Å². The van der Waals surface area contributed by atoms with E-state index in [9.17, 15) is 5.11 Å². The Labute approximate surface area is 108 Å². The first-order valence-corrected chi connectivity index (χ1v) is 6.30. The number of hydrogen-bond acceptors (Lipinski definition) is 3. The largest absolute Gasteiger partial charge is 0.392 e. The molecule has 3 nitrogen and oxygen atoms in total. The van der Waals surface area contributed by atoms with Crippen molar-refractivity contribution in [2.75, 3.05) is 32.1 Å². The Balaban J connectivity index is 2.18. The van der Waals surface area contributed by atoms with E-state index in [1.807, 2.05) is 18.2 Å². The quantitative estimate of drug-likeness (QED) is 0.894. The average Bonchev–Trinajstić information content (AvgIpc) is 2.78. The van der Waals surface area contributed by atoms with Gasteiger partial charge in [-0.3, -0.25) is 0 Å². The minimum absolute atomic E-state index is 0.0407. The molecule has 1 aromatic carbocycles. The molecule has 1 unspecified atom stereocenters. The number of rotatable bonds is 3. The molecule has 1 heterocycles. The Bertz CT molecular complexity index is 395. The fourth-order valence-corrected chi connectivity index (χ4v) is 2.57. The minimum Gasteiger partial charge on any atom is -0.392 e. The van der Waals surface area contributed by atoms with Gasteiger partial charge in [-0.1, -0.05) is 11.6 Å². The Hall–Kier alpha value is -0.770. The molecule has 1 aromatic rings. The molecule has 0 spiro atoms. The van der Waals surface area contributed by atoms with Crippen molar-refractivity contribution in [2.24, 2.45) is 0 Å². The average molecular weight is 255 g/mol. The molecule has 0 aromatic heterocycles. The second kappa shape index (κ2) is 5.25. The van der Waals surface area contributed by atoms with Crippen LogP contribution in [0.2, 0.25) is 5.02 Å². The number of nitrogens with zero attached hydrogens (tertiary/aromatic N) is 2. The van der Waals surface area contributed by atoms with Crippen LogP contribution >= 0.6 is 11.6 Å². The van der Waals surface area contributed by atoms with Gasteiger partial charge in [-0.15, -0.1) is 0 Å². The summed E-state index contributed by atoms with van der Waals surface area (Å²) in [5.74, 6) is 0. The second-order valence-corrected chi connectivity index (χ2v) is 5.22. The zero-order valence-corrected chi connectivity index (χ0v) is 11.1. The maximum Gasteiger partial charge on any atom is 0.0702 e. The van der Waals surface area contributed by atoms with Gasteiger partial charge in [0.2, 0.25) is 0 Å². The first-order chi connectivity index (χ1) is 8.11. The number of anilines is 1. The minimum atomic E-state index is 0.0407. The lowest BCUT2D eigenvalue weighted by molar-refractivity contribution is 0.282. The van der Waals surface area contributed by atoms with Crippen LogP contribution in [0.3, 0.4) is 0 Å². The summed E-state index contributed by atoms with van der Waals surface area (Å²) in [6.07, 6.45) is 1.17. The predicted octanol–water partition coefficient (Wildman–Crippen LogP) is 1.97. The molecule has 1 atom stereocenters. The summed E-state index contributed by atoms with van der Waals surface area (Å²) in [6.45, 7) is 2.10. The highest BCUT2D eigenvalue weighted by Crippen LogP contribution is 2.28. The van der Waals surface area contributed by atoms with Crippen LogP contribution in [0.4, 0.5) is 5.69 Å². The molecule has 1 N–H and O–H groups in total. The van der Waals surface area contributed by atoms with Crippen molar-refractivity contribution < 1.29 is 5.11 Å². The summed E-state index contributed by atoms with van der Waals surface area (Å²) >= 11 is 5.94. The first-order valence-electron chi connectivity index (χ1n) is 5.92. The standard InChI is InChI=1S/C13H19ClN2O/c1-15(2)12-5-6-16(8-12)13-4-3-11(14)7-10(13)9-17/h3-4,7,12,17H,5-6,8-9H2,1-2H3. The van der Waals surface area contributed by atoms with Crippen molar-refractivity contribution in [3.8, 4) is 0 Å².